The summed E-state index contributed by atoms with van der Waals surface area (Å²) < 4.78 is 0. The molecule has 6 nitrogen and oxygen atoms in total. The Bertz CT molecular complexity index is 547. The number of benzene rings is 1. The SMILES string of the molecule is C[C@@H](O)c1ccc(N2CCN3CCCC3C2)c([N+](=O)[O-])c1. The first-order valence-electron chi connectivity index (χ1n) is 7.51. The highest BCUT2D eigenvalue weighted by Crippen LogP contribution is 2.33. The number of hydrogen-bond donors (Lipinski definition) is 1. The van der Waals surface area contributed by atoms with Gasteiger partial charge in [-0.25, -0.2) is 0 Å². The van der Waals surface area contributed by atoms with E-state index in [-0.39, 0.29) is 10.6 Å². The van der Waals surface area contributed by atoms with Crippen LogP contribution in [-0.4, -0.2) is 47.2 Å². The Balaban J connectivity index is 1.89. The Labute approximate surface area is 124 Å². The Morgan fingerprint density at radius 1 is 1.38 bits per heavy atom. The zero-order valence-corrected chi connectivity index (χ0v) is 12.2. The second kappa shape index (κ2) is 5.61. The summed E-state index contributed by atoms with van der Waals surface area (Å²) in [6, 6.07) is 5.59. The zero-order chi connectivity index (χ0) is 15.0. The number of nitro benzene ring substituents is 1. The molecule has 1 N–H and O–H groups in total. The summed E-state index contributed by atoms with van der Waals surface area (Å²) in [5.74, 6) is 0. The maximum atomic E-state index is 11.4. The van der Waals surface area contributed by atoms with Crippen LogP contribution in [0.5, 0.6) is 0 Å². The molecule has 0 radical (unpaired) electrons. The number of fused-ring (bicyclic) bond motifs is 1. The summed E-state index contributed by atoms with van der Waals surface area (Å²) in [5.41, 5.74) is 1.36. The van der Waals surface area contributed by atoms with E-state index in [1.807, 2.05) is 0 Å². The van der Waals surface area contributed by atoms with E-state index < -0.39 is 6.10 Å². The van der Waals surface area contributed by atoms with E-state index in [4.69, 9.17) is 0 Å². The van der Waals surface area contributed by atoms with Gasteiger partial charge in [-0.1, -0.05) is 6.07 Å². The summed E-state index contributed by atoms with van der Waals surface area (Å²) in [7, 11) is 0. The quantitative estimate of drug-likeness (QED) is 0.680. The second-order valence-corrected chi connectivity index (χ2v) is 5.96. The van der Waals surface area contributed by atoms with Crippen molar-refractivity contribution in [2.45, 2.75) is 31.9 Å². The fourth-order valence-electron chi connectivity index (χ4n) is 3.42. The predicted octanol–water partition coefficient (Wildman–Crippen LogP) is 1.93. The summed E-state index contributed by atoms with van der Waals surface area (Å²) in [6.07, 6.45) is 1.71. The molecule has 0 aromatic heterocycles. The molecule has 3 rings (SSSR count). The average molecular weight is 291 g/mol. The molecule has 2 saturated heterocycles. The van der Waals surface area contributed by atoms with E-state index >= 15 is 0 Å². The van der Waals surface area contributed by atoms with Crippen molar-refractivity contribution in [2.75, 3.05) is 31.1 Å². The number of aliphatic hydroxyl groups is 1. The molecule has 2 atom stereocenters. The van der Waals surface area contributed by atoms with Crippen LogP contribution in [0.4, 0.5) is 11.4 Å². The van der Waals surface area contributed by atoms with Crippen LogP contribution in [0.25, 0.3) is 0 Å². The van der Waals surface area contributed by atoms with Gasteiger partial charge in [-0.15, -0.1) is 0 Å². The molecule has 1 unspecified atom stereocenters. The van der Waals surface area contributed by atoms with E-state index in [0.29, 0.717) is 17.3 Å². The molecule has 0 bridgehead atoms. The van der Waals surface area contributed by atoms with E-state index in [1.54, 1.807) is 19.1 Å². The molecule has 0 amide bonds. The molecule has 2 aliphatic heterocycles. The van der Waals surface area contributed by atoms with Crippen molar-refractivity contribution in [1.82, 2.24) is 4.90 Å². The van der Waals surface area contributed by atoms with Crippen LogP contribution in [0.3, 0.4) is 0 Å². The minimum atomic E-state index is -0.690. The van der Waals surface area contributed by atoms with Gasteiger partial charge in [0.15, 0.2) is 0 Å². The van der Waals surface area contributed by atoms with Gasteiger partial charge in [0.25, 0.3) is 5.69 Å². The highest BCUT2D eigenvalue weighted by Gasteiger charge is 2.32. The number of rotatable bonds is 3. The molecule has 21 heavy (non-hydrogen) atoms. The monoisotopic (exact) mass is 291 g/mol. The van der Waals surface area contributed by atoms with Crippen LogP contribution in [0.2, 0.25) is 0 Å². The van der Waals surface area contributed by atoms with Crippen LogP contribution < -0.4 is 4.90 Å². The number of nitrogens with zero attached hydrogens (tertiary/aromatic N) is 3. The predicted molar refractivity (Wildman–Crippen MR) is 80.5 cm³/mol. The van der Waals surface area contributed by atoms with Gasteiger partial charge < -0.3 is 10.0 Å². The standard InChI is InChI=1S/C15H21N3O3/c1-11(19)12-4-5-14(15(9-12)18(20)21)17-8-7-16-6-2-3-13(16)10-17/h4-5,9,11,13,19H,2-3,6-8,10H2,1H3/t11-,13?/m1/s1. The van der Waals surface area contributed by atoms with Gasteiger partial charge in [-0.2, -0.15) is 0 Å². The number of aliphatic hydroxyl groups excluding tert-OH is 1. The molecule has 1 aromatic carbocycles. The number of hydrogen-bond acceptors (Lipinski definition) is 5. The fourth-order valence-corrected chi connectivity index (χ4v) is 3.42. The topological polar surface area (TPSA) is 69.8 Å². The van der Waals surface area contributed by atoms with E-state index in [1.165, 1.54) is 18.9 Å². The van der Waals surface area contributed by atoms with Crippen LogP contribution in [-0.2, 0) is 0 Å². The smallest absolute Gasteiger partial charge is 0.292 e. The third-order valence-corrected chi connectivity index (χ3v) is 4.61. The summed E-state index contributed by atoms with van der Waals surface area (Å²) in [5, 5.41) is 21.0. The zero-order valence-electron chi connectivity index (χ0n) is 12.2. The summed E-state index contributed by atoms with van der Waals surface area (Å²) in [4.78, 5) is 15.6. The van der Waals surface area contributed by atoms with E-state index in [0.717, 1.165) is 26.2 Å². The molecule has 6 heteroatoms. The van der Waals surface area contributed by atoms with Gasteiger partial charge in [0.05, 0.1) is 11.0 Å². The Morgan fingerprint density at radius 3 is 2.90 bits per heavy atom. The molecule has 2 fully saturated rings. The molecular weight excluding hydrogens is 270 g/mol. The van der Waals surface area contributed by atoms with E-state index in [2.05, 4.69) is 9.80 Å². The number of piperazine rings is 1. The van der Waals surface area contributed by atoms with Crippen molar-refractivity contribution in [1.29, 1.82) is 0 Å². The lowest BCUT2D eigenvalue weighted by molar-refractivity contribution is -0.384. The Morgan fingerprint density at radius 2 is 2.19 bits per heavy atom. The second-order valence-electron chi connectivity index (χ2n) is 5.96. The van der Waals surface area contributed by atoms with Crippen molar-refractivity contribution in [2.24, 2.45) is 0 Å². The van der Waals surface area contributed by atoms with Gasteiger partial charge in [-0.3, -0.25) is 15.0 Å². The van der Waals surface area contributed by atoms with Crippen molar-refractivity contribution in [3.8, 4) is 0 Å². The largest absolute Gasteiger partial charge is 0.389 e. The van der Waals surface area contributed by atoms with Crippen molar-refractivity contribution < 1.29 is 10.0 Å². The average Bonchev–Trinajstić information content (AvgIpc) is 2.93. The fraction of sp³-hybridized carbons (Fsp3) is 0.600. The summed E-state index contributed by atoms with van der Waals surface area (Å²) >= 11 is 0. The molecule has 2 aliphatic rings. The van der Waals surface area contributed by atoms with Crippen LogP contribution in [0.1, 0.15) is 31.4 Å². The van der Waals surface area contributed by atoms with E-state index in [9.17, 15) is 15.2 Å². The molecule has 114 valence electrons. The molecule has 0 saturated carbocycles. The highest BCUT2D eigenvalue weighted by atomic mass is 16.6. The third-order valence-electron chi connectivity index (χ3n) is 4.61. The van der Waals surface area contributed by atoms with Gasteiger partial charge in [0.2, 0.25) is 0 Å². The summed E-state index contributed by atoms with van der Waals surface area (Å²) in [6.45, 7) is 5.43. The van der Waals surface area contributed by atoms with Crippen molar-refractivity contribution in [3.05, 3.63) is 33.9 Å². The van der Waals surface area contributed by atoms with Crippen molar-refractivity contribution >= 4 is 11.4 Å². The molecular formula is C15H21N3O3. The normalized spacial score (nSPS) is 23.9. The minimum absolute atomic E-state index is 0.0971. The Hall–Kier alpha value is -1.66. The lowest BCUT2D eigenvalue weighted by Gasteiger charge is -2.38. The molecule has 1 aromatic rings. The van der Waals surface area contributed by atoms with Crippen LogP contribution in [0.15, 0.2) is 18.2 Å². The Kier molecular flexibility index (Phi) is 3.82. The maximum Gasteiger partial charge on any atom is 0.292 e. The third kappa shape index (κ3) is 2.73. The molecule has 0 aliphatic carbocycles. The molecule has 0 spiro atoms. The first-order valence-corrected chi connectivity index (χ1v) is 7.51. The highest BCUT2D eigenvalue weighted by molar-refractivity contribution is 5.65. The van der Waals surface area contributed by atoms with Crippen LogP contribution >= 0.6 is 0 Å². The first-order chi connectivity index (χ1) is 10.1. The lowest BCUT2D eigenvalue weighted by atomic mass is 10.1. The number of anilines is 1. The maximum absolute atomic E-state index is 11.4. The van der Waals surface area contributed by atoms with Crippen LogP contribution in [0, 0.1) is 10.1 Å². The first kappa shape index (κ1) is 14.3. The lowest BCUT2D eigenvalue weighted by Crippen LogP contribution is -2.50. The molecule has 2 heterocycles. The number of nitro groups is 1. The van der Waals surface area contributed by atoms with Crippen molar-refractivity contribution in [3.63, 3.8) is 0 Å². The minimum Gasteiger partial charge on any atom is -0.389 e. The van der Waals surface area contributed by atoms with Gasteiger partial charge in [0.1, 0.15) is 5.69 Å². The van der Waals surface area contributed by atoms with Gasteiger partial charge in [0, 0.05) is 31.7 Å². The van der Waals surface area contributed by atoms with Gasteiger partial charge in [-0.05, 0) is 37.9 Å². The van der Waals surface area contributed by atoms with Gasteiger partial charge >= 0.3 is 0 Å².